The van der Waals surface area contributed by atoms with Crippen LogP contribution >= 0.6 is 27.5 Å². The van der Waals surface area contributed by atoms with Crippen molar-refractivity contribution in [1.82, 2.24) is 20.5 Å². The van der Waals surface area contributed by atoms with Gasteiger partial charge in [-0.05, 0) is 41.1 Å². The number of rotatable bonds is 3. The lowest BCUT2D eigenvalue weighted by atomic mass is 10.2. The molecular formula is C11H10BrClN4O. The normalized spacial score (nSPS) is 12.2. The minimum atomic E-state index is -0.248. The van der Waals surface area contributed by atoms with E-state index in [2.05, 4.69) is 36.4 Å². The van der Waals surface area contributed by atoms with Crippen LogP contribution in [0.3, 0.4) is 0 Å². The van der Waals surface area contributed by atoms with Gasteiger partial charge < -0.3 is 5.32 Å². The fourth-order valence-corrected chi connectivity index (χ4v) is 1.84. The molecule has 0 radical (unpaired) electrons. The molecule has 0 aliphatic carbocycles. The lowest BCUT2D eigenvalue weighted by Gasteiger charge is -2.11. The van der Waals surface area contributed by atoms with E-state index in [0.717, 1.165) is 4.47 Å². The Balaban J connectivity index is 2.10. The Kier molecular flexibility index (Phi) is 3.98. The molecule has 94 valence electrons. The fraction of sp³-hybridized carbons (Fsp3) is 0.182. The number of nitrogens with zero attached hydrogens (tertiary/aromatic N) is 2. The first-order valence-corrected chi connectivity index (χ1v) is 6.36. The van der Waals surface area contributed by atoms with Gasteiger partial charge in [-0.2, -0.15) is 5.10 Å². The van der Waals surface area contributed by atoms with Gasteiger partial charge in [-0.3, -0.25) is 9.89 Å². The molecule has 5 nitrogen and oxygen atoms in total. The number of carbonyl (C=O) groups excluding carboxylic acids is 1. The molecule has 18 heavy (non-hydrogen) atoms. The van der Waals surface area contributed by atoms with Gasteiger partial charge in [-0.1, -0.05) is 11.6 Å². The number of H-pyrrole nitrogens is 1. The second-order valence-corrected chi connectivity index (χ2v) is 4.96. The summed E-state index contributed by atoms with van der Waals surface area (Å²) in [6, 6.07) is 4.78. The van der Waals surface area contributed by atoms with Crippen molar-refractivity contribution in [2.45, 2.75) is 13.0 Å². The Morgan fingerprint density at radius 1 is 1.56 bits per heavy atom. The Hall–Kier alpha value is -1.40. The monoisotopic (exact) mass is 328 g/mol. The van der Waals surface area contributed by atoms with E-state index >= 15 is 0 Å². The average Bonchev–Trinajstić information content (AvgIpc) is 2.86. The molecule has 0 spiro atoms. The number of amides is 1. The maximum Gasteiger partial charge on any atom is 0.251 e. The molecule has 2 N–H and O–H groups in total. The molecule has 0 bridgehead atoms. The van der Waals surface area contributed by atoms with E-state index < -0.39 is 0 Å². The standard InChI is InChI=1S/C11H10BrClN4O/c1-6(10-14-5-15-17-10)16-11(18)7-2-3-8(12)9(13)4-7/h2-6H,1H3,(H,16,18)(H,14,15,17). The Morgan fingerprint density at radius 2 is 2.33 bits per heavy atom. The highest BCUT2D eigenvalue weighted by Gasteiger charge is 2.14. The van der Waals surface area contributed by atoms with Crippen molar-refractivity contribution in [3.05, 3.63) is 45.4 Å². The van der Waals surface area contributed by atoms with Gasteiger partial charge in [0.2, 0.25) is 0 Å². The van der Waals surface area contributed by atoms with Crippen molar-refractivity contribution in [2.24, 2.45) is 0 Å². The Bertz CT molecular complexity index is 558. The molecule has 1 amide bonds. The second-order valence-electron chi connectivity index (χ2n) is 3.69. The molecule has 2 rings (SSSR count). The second kappa shape index (κ2) is 5.49. The van der Waals surface area contributed by atoms with Gasteiger partial charge >= 0.3 is 0 Å². The van der Waals surface area contributed by atoms with Crippen LogP contribution in [0.4, 0.5) is 0 Å². The van der Waals surface area contributed by atoms with Gasteiger partial charge in [0.15, 0.2) is 0 Å². The van der Waals surface area contributed by atoms with Crippen LogP contribution in [0, 0.1) is 0 Å². The van der Waals surface area contributed by atoms with E-state index in [9.17, 15) is 4.79 Å². The molecule has 2 aromatic rings. The number of nitrogens with one attached hydrogen (secondary N) is 2. The van der Waals surface area contributed by atoms with Crippen LogP contribution in [-0.4, -0.2) is 21.1 Å². The zero-order valence-corrected chi connectivity index (χ0v) is 11.8. The van der Waals surface area contributed by atoms with Gasteiger partial charge in [0, 0.05) is 10.0 Å². The lowest BCUT2D eigenvalue weighted by molar-refractivity contribution is 0.0938. The van der Waals surface area contributed by atoms with Crippen LogP contribution in [0.1, 0.15) is 29.1 Å². The third-order valence-corrected chi connectivity index (χ3v) is 3.61. The zero-order chi connectivity index (χ0) is 13.1. The summed E-state index contributed by atoms with van der Waals surface area (Å²) in [4.78, 5) is 15.9. The number of carbonyl (C=O) groups is 1. The molecule has 1 unspecified atom stereocenters. The van der Waals surface area contributed by atoms with E-state index in [-0.39, 0.29) is 11.9 Å². The van der Waals surface area contributed by atoms with Gasteiger partial charge in [0.1, 0.15) is 12.2 Å². The lowest BCUT2D eigenvalue weighted by Crippen LogP contribution is -2.27. The number of halogens is 2. The maximum absolute atomic E-state index is 12.0. The largest absolute Gasteiger partial charge is 0.342 e. The third-order valence-electron chi connectivity index (χ3n) is 2.37. The summed E-state index contributed by atoms with van der Waals surface area (Å²) in [6.45, 7) is 1.82. The van der Waals surface area contributed by atoms with E-state index in [1.54, 1.807) is 18.2 Å². The molecule has 0 saturated carbocycles. The highest BCUT2D eigenvalue weighted by atomic mass is 79.9. The molecule has 0 aliphatic heterocycles. The minimum absolute atomic E-state index is 0.215. The molecule has 1 atom stereocenters. The molecule has 0 aliphatic rings. The van der Waals surface area contributed by atoms with Crippen molar-refractivity contribution in [2.75, 3.05) is 0 Å². The smallest absolute Gasteiger partial charge is 0.251 e. The van der Waals surface area contributed by atoms with Crippen LogP contribution in [-0.2, 0) is 0 Å². The van der Waals surface area contributed by atoms with Crippen molar-refractivity contribution < 1.29 is 4.79 Å². The first-order chi connectivity index (χ1) is 8.58. The van der Waals surface area contributed by atoms with E-state index in [0.29, 0.717) is 16.4 Å². The number of aromatic amines is 1. The van der Waals surface area contributed by atoms with Crippen molar-refractivity contribution >= 4 is 33.4 Å². The molecule has 1 aromatic heterocycles. The highest BCUT2D eigenvalue weighted by Crippen LogP contribution is 2.23. The zero-order valence-electron chi connectivity index (χ0n) is 9.45. The fourth-order valence-electron chi connectivity index (χ4n) is 1.41. The summed E-state index contributed by atoms with van der Waals surface area (Å²) in [7, 11) is 0. The summed E-state index contributed by atoms with van der Waals surface area (Å²) < 4.78 is 0.754. The van der Waals surface area contributed by atoms with Gasteiger partial charge in [0.05, 0.1) is 11.1 Å². The summed E-state index contributed by atoms with van der Waals surface area (Å²) in [5.41, 5.74) is 0.495. The number of benzene rings is 1. The summed E-state index contributed by atoms with van der Waals surface area (Å²) in [5, 5.41) is 9.73. The van der Waals surface area contributed by atoms with E-state index in [1.165, 1.54) is 6.33 Å². The SMILES string of the molecule is CC(NC(=O)c1ccc(Br)c(Cl)c1)c1ncn[nH]1. The third kappa shape index (κ3) is 2.88. The summed E-state index contributed by atoms with van der Waals surface area (Å²) >= 11 is 9.21. The van der Waals surface area contributed by atoms with E-state index in [1.807, 2.05) is 6.92 Å². The minimum Gasteiger partial charge on any atom is -0.342 e. The first-order valence-electron chi connectivity index (χ1n) is 5.19. The number of aromatic nitrogens is 3. The van der Waals surface area contributed by atoms with Crippen LogP contribution in [0.5, 0.6) is 0 Å². The van der Waals surface area contributed by atoms with Crippen molar-refractivity contribution in [3.63, 3.8) is 0 Å². The van der Waals surface area contributed by atoms with Crippen LogP contribution < -0.4 is 5.32 Å². The highest BCUT2D eigenvalue weighted by molar-refractivity contribution is 9.10. The maximum atomic E-state index is 12.0. The predicted octanol–water partition coefficient (Wildman–Crippen LogP) is 2.71. The molecular weight excluding hydrogens is 320 g/mol. The van der Waals surface area contributed by atoms with Crippen LogP contribution in [0.15, 0.2) is 29.0 Å². The molecule has 7 heteroatoms. The van der Waals surface area contributed by atoms with Gasteiger partial charge in [-0.25, -0.2) is 4.98 Å². The molecule has 1 aromatic carbocycles. The van der Waals surface area contributed by atoms with Crippen LogP contribution in [0.25, 0.3) is 0 Å². The molecule has 0 fully saturated rings. The average molecular weight is 330 g/mol. The Morgan fingerprint density at radius 3 is 2.94 bits per heavy atom. The predicted molar refractivity (Wildman–Crippen MR) is 71.4 cm³/mol. The Labute approximate surface area is 117 Å². The van der Waals surface area contributed by atoms with E-state index in [4.69, 9.17) is 11.6 Å². The summed E-state index contributed by atoms with van der Waals surface area (Å²) in [5.74, 6) is 0.389. The number of hydrogen-bond donors (Lipinski definition) is 2. The quantitative estimate of drug-likeness (QED) is 0.909. The van der Waals surface area contributed by atoms with Crippen molar-refractivity contribution in [3.8, 4) is 0 Å². The van der Waals surface area contributed by atoms with Gasteiger partial charge in [0.25, 0.3) is 5.91 Å². The summed E-state index contributed by atoms with van der Waals surface area (Å²) in [6.07, 6.45) is 1.40. The first kappa shape index (κ1) is 13.0. The topological polar surface area (TPSA) is 70.7 Å². The van der Waals surface area contributed by atoms with Gasteiger partial charge in [-0.15, -0.1) is 0 Å². The van der Waals surface area contributed by atoms with Crippen LogP contribution in [0.2, 0.25) is 5.02 Å². The molecule has 1 heterocycles. The van der Waals surface area contributed by atoms with Crippen molar-refractivity contribution in [1.29, 1.82) is 0 Å². The number of hydrogen-bond acceptors (Lipinski definition) is 3. The molecule has 0 saturated heterocycles.